The second-order valence-corrected chi connectivity index (χ2v) is 4.05. The molecule has 2 N–H and O–H groups in total. The van der Waals surface area contributed by atoms with Crippen molar-refractivity contribution >= 4 is 17.7 Å². The largest absolute Gasteiger partial charge is 0.478 e. The van der Waals surface area contributed by atoms with Crippen molar-refractivity contribution in [2.24, 2.45) is 0 Å². The average molecular weight is 228 g/mol. The molecule has 0 saturated heterocycles. The second-order valence-electron chi connectivity index (χ2n) is 2.97. The molecule has 0 fully saturated rings. The van der Waals surface area contributed by atoms with Gasteiger partial charge in [0.05, 0.1) is 17.9 Å². The molecule has 0 bridgehead atoms. The number of carboxylic acid groups (broad SMARTS) is 1. The summed E-state index contributed by atoms with van der Waals surface area (Å²) in [5.74, 6) is -0.594. The molecule has 0 atom stereocenters. The third-order valence-corrected chi connectivity index (χ3v) is 2.91. The minimum absolute atomic E-state index is 0.0155. The van der Waals surface area contributed by atoms with Crippen LogP contribution in [0.1, 0.15) is 21.6 Å². The molecule has 0 radical (unpaired) electrons. The van der Waals surface area contributed by atoms with E-state index in [2.05, 4.69) is 10.2 Å². The molecule has 1 rings (SSSR count). The van der Waals surface area contributed by atoms with Gasteiger partial charge in [0.1, 0.15) is 5.03 Å². The lowest BCUT2D eigenvalue weighted by molar-refractivity contribution is 0.0690. The quantitative estimate of drug-likeness (QED) is 0.744. The number of aromatic carboxylic acids is 1. The number of aliphatic hydroxyl groups excluding tert-OH is 1. The Morgan fingerprint density at radius 1 is 1.40 bits per heavy atom. The van der Waals surface area contributed by atoms with Crippen molar-refractivity contribution in [3.8, 4) is 0 Å². The summed E-state index contributed by atoms with van der Waals surface area (Å²) in [4.78, 5) is 11.0. The first-order chi connectivity index (χ1) is 7.07. The normalized spacial score (nSPS) is 10.3. The summed E-state index contributed by atoms with van der Waals surface area (Å²) in [6.07, 6.45) is 0. The topological polar surface area (TPSA) is 83.3 Å². The van der Waals surface area contributed by atoms with Crippen molar-refractivity contribution in [1.82, 2.24) is 10.2 Å². The predicted octanol–water partition coefficient (Wildman–Crippen LogP) is 0.876. The molecule has 0 amide bonds. The van der Waals surface area contributed by atoms with Gasteiger partial charge in [-0.2, -0.15) is 5.10 Å². The van der Waals surface area contributed by atoms with E-state index in [1.54, 1.807) is 13.8 Å². The van der Waals surface area contributed by atoms with Gasteiger partial charge >= 0.3 is 5.97 Å². The van der Waals surface area contributed by atoms with E-state index in [1.807, 2.05) is 0 Å². The number of thioether (sulfide) groups is 1. The van der Waals surface area contributed by atoms with Gasteiger partial charge in [-0.05, 0) is 19.4 Å². The first-order valence-electron chi connectivity index (χ1n) is 4.38. The summed E-state index contributed by atoms with van der Waals surface area (Å²) >= 11 is 1.19. The zero-order valence-corrected chi connectivity index (χ0v) is 9.34. The Hall–Kier alpha value is -1.14. The number of rotatable bonds is 4. The molecule has 0 aliphatic heterocycles. The van der Waals surface area contributed by atoms with Gasteiger partial charge in [-0.3, -0.25) is 0 Å². The highest BCUT2D eigenvalue weighted by molar-refractivity contribution is 7.99. The highest BCUT2D eigenvalue weighted by atomic mass is 32.2. The number of nitrogens with zero attached hydrogens (tertiary/aromatic N) is 2. The average Bonchev–Trinajstić information content (AvgIpc) is 2.19. The van der Waals surface area contributed by atoms with Crippen LogP contribution in [0.25, 0.3) is 0 Å². The summed E-state index contributed by atoms with van der Waals surface area (Å²) in [7, 11) is 0. The molecular weight excluding hydrogens is 216 g/mol. The number of hydrogen-bond donors (Lipinski definition) is 2. The van der Waals surface area contributed by atoms with Crippen LogP contribution >= 0.6 is 11.8 Å². The Balaban J connectivity index is 3.15. The second kappa shape index (κ2) is 5.09. The SMILES string of the molecule is Cc1nnc(SCCO)c(C(=O)O)c1C. The van der Waals surface area contributed by atoms with E-state index >= 15 is 0 Å². The Labute approximate surface area is 91.5 Å². The predicted molar refractivity (Wildman–Crippen MR) is 56.3 cm³/mol. The van der Waals surface area contributed by atoms with Crippen LogP contribution in [-0.4, -0.2) is 38.7 Å². The number of aryl methyl sites for hydroxylation is 1. The third-order valence-electron chi connectivity index (χ3n) is 1.97. The summed E-state index contributed by atoms with van der Waals surface area (Å²) in [6.45, 7) is 3.41. The van der Waals surface area contributed by atoms with E-state index < -0.39 is 5.97 Å². The Kier molecular flexibility index (Phi) is 4.05. The van der Waals surface area contributed by atoms with Crippen molar-refractivity contribution < 1.29 is 15.0 Å². The van der Waals surface area contributed by atoms with Crippen LogP contribution in [0.2, 0.25) is 0 Å². The zero-order chi connectivity index (χ0) is 11.4. The van der Waals surface area contributed by atoms with Crippen LogP contribution in [-0.2, 0) is 0 Å². The van der Waals surface area contributed by atoms with E-state index in [1.165, 1.54) is 11.8 Å². The minimum Gasteiger partial charge on any atom is -0.478 e. The van der Waals surface area contributed by atoms with Gasteiger partial charge < -0.3 is 10.2 Å². The van der Waals surface area contributed by atoms with E-state index in [0.29, 0.717) is 22.0 Å². The monoisotopic (exact) mass is 228 g/mol. The van der Waals surface area contributed by atoms with Crippen LogP contribution in [0.3, 0.4) is 0 Å². The van der Waals surface area contributed by atoms with E-state index in [0.717, 1.165) is 0 Å². The van der Waals surface area contributed by atoms with Crippen molar-refractivity contribution in [2.45, 2.75) is 18.9 Å². The molecule has 6 heteroatoms. The molecule has 82 valence electrons. The fraction of sp³-hybridized carbons (Fsp3) is 0.444. The molecule has 0 aliphatic carbocycles. The van der Waals surface area contributed by atoms with Gasteiger partial charge in [-0.1, -0.05) is 0 Å². The third kappa shape index (κ3) is 2.66. The number of carboxylic acids is 1. The maximum Gasteiger partial charge on any atom is 0.338 e. The Morgan fingerprint density at radius 3 is 2.60 bits per heavy atom. The van der Waals surface area contributed by atoms with Crippen LogP contribution in [0.4, 0.5) is 0 Å². The summed E-state index contributed by atoms with van der Waals surface area (Å²) in [6, 6.07) is 0. The molecule has 0 aliphatic rings. The first kappa shape index (κ1) is 11.9. The lowest BCUT2D eigenvalue weighted by atomic mass is 10.1. The standard InChI is InChI=1S/C9H12N2O3S/c1-5-6(2)10-11-8(15-4-3-12)7(5)9(13)14/h12H,3-4H2,1-2H3,(H,13,14). The zero-order valence-electron chi connectivity index (χ0n) is 8.52. The van der Waals surface area contributed by atoms with Crippen LogP contribution in [0, 0.1) is 13.8 Å². The number of carbonyl (C=O) groups is 1. The van der Waals surface area contributed by atoms with E-state index in [4.69, 9.17) is 10.2 Å². The molecule has 0 aromatic carbocycles. The summed E-state index contributed by atoms with van der Waals surface area (Å²) in [5, 5.41) is 25.7. The summed E-state index contributed by atoms with van der Waals surface area (Å²) < 4.78 is 0. The fourth-order valence-corrected chi connectivity index (χ4v) is 1.85. The van der Waals surface area contributed by atoms with Gasteiger partial charge in [0.2, 0.25) is 0 Å². The van der Waals surface area contributed by atoms with Crippen molar-refractivity contribution in [1.29, 1.82) is 0 Å². The molecule has 5 nitrogen and oxygen atoms in total. The fourth-order valence-electron chi connectivity index (χ4n) is 1.08. The molecule has 0 spiro atoms. The van der Waals surface area contributed by atoms with E-state index in [-0.39, 0.29) is 12.2 Å². The smallest absolute Gasteiger partial charge is 0.338 e. The van der Waals surface area contributed by atoms with Gasteiger partial charge in [0.15, 0.2) is 0 Å². The van der Waals surface area contributed by atoms with Gasteiger partial charge in [-0.15, -0.1) is 16.9 Å². The van der Waals surface area contributed by atoms with Crippen LogP contribution in [0.5, 0.6) is 0 Å². The van der Waals surface area contributed by atoms with Crippen molar-refractivity contribution in [2.75, 3.05) is 12.4 Å². The molecule has 15 heavy (non-hydrogen) atoms. The lowest BCUT2D eigenvalue weighted by Gasteiger charge is -2.07. The van der Waals surface area contributed by atoms with Crippen LogP contribution < -0.4 is 0 Å². The number of aromatic nitrogens is 2. The van der Waals surface area contributed by atoms with E-state index in [9.17, 15) is 4.79 Å². The van der Waals surface area contributed by atoms with Crippen LogP contribution in [0.15, 0.2) is 5.03 Å². The Bertz CT molecular complexity index is 382. The van der Waals surface area contributed by atoms with Crippen molar-refractivity contribution in [3.05, 3.63) is 16.8 Å². The molecule has 1 aromatic rings. The molecule has 1 aromatic heterocycles. The first-order valence-corrected chi connectivity index (χ1v) is 5.37. The molecule has 1 heterocycles. The summed E-state index contributed by atoms with van der Waals surface area (Å²) in [5.41, 5.74) is 1.42. The molecule has 0 unspecified atom stereocenters. The number of aliphatic hydroxyl groups is 1. The van der Waals surface area contributed by atoms with Crippen molar-refractivity contribution in [3.63, 3.8) is 0 Å². The molecular formula is C9H12N2O3S. The lowest BCUT2D eigenvalue weighted by Crippen LogP contribution is -2.08. The van der Waals surface area contributed by atoms with Gasteiger partial charge in [-0.25, -0.2) is 4.79 Å². The van der Waals surface area contributed by atoms with Gasteiger partial charge in [0.25, 0.3) is 0 Å². The van der Waals surface area contributed by atoms with Gasteiger partial charge in [0, 0.05) is 5.75 Å². The maximum atomic E-state index is 11.0. The minimum atomic E-state index is -1.01. The highest BCUT2D eigenvalue weighted by Crippen LogP contribution is 2.23. The Morgan fingerprint density at radius 2 is 2.07 bits per heavy atom. The number of hydrogen-bond acceptors (Lipinski definition) is 5. The molecule has 0 saturated carbocycles. The maximum absolute atomic E-state index is 11.0. The highest BCUT2D eigenvalue weighted by Gasteiger charge is 2.17.